The summed E-state index contributed by atoms with van der Waals surface area (Å²) in [6, 6.07) is 15.4. The molecule has 2 aromatic carbocycles. The van der Waals surface area contributed by atoms with Crippen LogP contribution in [-0.2, 0) is 0 Å². The molecule has 2 rings (SSSR count). The van der Waals surface area contributed by atoms with E-state index in [1.165, 1.54) is 17.3 Å². The number of aliphatic imine (C=N–C) groups is 1. The van der Waals surface area contributed by atoms with Crippen LogP contribution in [0.5, 0.6) is 0 Å². The Balaban J connectivity index is 2.09. The Morgan fingerprint density at radius 2 is 1.61 bits per heavy atom. The molecule has 0 amide bonds. The fraction of sp³-hybridized carbons (Fsp3) is 0.0714. The highest BCUT2D eigenvalue weighted by Gasteiger charge is 2.00. The smallest absolute Gasteiger partial charge is 0.168 e. The lowest BCUT2D eigenvalue weighted by Gasteiger charge is -2.00. The zero-order valence-corrected chi connectivity index (χ0v) is 12.1. The summed E-state index contributed by atoms with van der Waals surface area (Å²) in [5.74, 6) is 0. The first-order chi connectivity index (χ1) is 8.63. The minimum absolute atomic E-state index is 0.487. The van der Waals surface area contributed by atoms with Gasteiger partial charge in [-0.1, -0.05) is 52.7 Å². The minimum Gasteiger partial charge on any atom is -0.229 e. The minimum atomic E-state index is 0.487. The molecule has 0 saturated carbocycles. The van der Waals surface area contributed by atoms with Gasteiger partial charge in [-0.25, -0.2) is 4.99 Å². The molecule has 0 fully saturated rings. The van der Waals surface area contributed by atoms with Gasteiger partial charge in [0.2, 0.25) is 0 Å². The van der Waals surface area contributed by atoms with Gasteiger partial charge < -0.3 is 0 Å². The van der Waals surface area contributed by atoms with Crippen molar-refractivity contribution in [2.24, 2.45) is 4.99 Å². The quantitative estimate of drug-likeness (QED) is 0.395. The highest BCUT2D eigenvalue weighted by Crippen LogP contribution is 2.25. The molecule has 0 unspecified atom stereocenters. The summed E-state index contributed by atoms with van der Waals surface area (Å²) in [7, 11) is 0. The fourth-order valence-corrected chi connectivity index (χ4v) is 2.45. The molecule has 2 aromatic rings. The van der Waals surface area contributed by atoms with Crippen LogP contribution in [0.3, 0.4) is 0 Å². The SMILES string of the molecule is Cc1ccc(N=C(Cl)Sc2ccc(Cl)cc2)cc1. The zero-order valence-electron chi connectivity index (χ0n) is 9.73. The van der Waals surface area contributed by atoms with Crippen LogP contribution in [0.25, 0.3) is 0 Å². The molecule has 0 N–H and O–H groups in total. The molecule has 0 spiro atoms. The molecule has 1 nitrogen and oxygen atoms in total. The molecule has 92 valence electrons. The fourth-order valence-electron chi connectivity index (χ4n) is 1.34. The molecule has 0 aliphatic carbocycles. The Bertz CT molecular complexity index is 547. The zero-order chi connectivity index (χ0) is 13.0. The lowest BCUT2D eigenvalue weighted by molar-refractivity contribution is 1.44. The van der Waals surface area contributed by atoms with E-state index in [2.05, 4.69) is 4.99 Å². The monoisotopic (exact) mass is 295 g/mol. The molecular formula is C14H11Cl2NS. The second-order valence-corrected chi connectivity index (χ2v) is 5.84. The Morgan fingerprint density at radius 1 is 1.00 bits per heavy atom. The van der Waals surface area contributed by atoms with Crippen LogP contribution in [0.4, 0.5) is 5.69 Å². The van der Waals surface area contributed by atoms with Crippen molar-refractivity contribution >= 4 is 45.2 Å². The van der Waals surface area contributed by atoms with Crippen LogP contribution >= 0.6 is 35.0 Å². The van der Waals surface area contributed by atoms with Crippen molar-refractivity contribution in [3.05, 3.63) is 59.1 Å². The third kappa shape index (κ3) is 4.05. The topological polar surface area (TPSA) is 12.4 Å². The van der Waals surface area contributed by atoms with Gasteiger partial charge in [-0.2, -0.15) is 0 Å². The number of benzene rings is 2. The Hall–Kier alpha value is -0.960. The molecule has 0 atom stereocenters. The lowest BCUT2D eigenvalue weighted by Crippen LogP contribution is -1.80. The van der Waals surface area contributed by atoms with Gasteiger partial charge in [-0.05, 0) is 43.3 Å². The number of hydrogen-bond acceptors (Lipinski definition) is 2. The van der Waals surface area contributed by atoms with Crippen molar-refractivity contribution in [2.75, 3.05) is 0 Å². The molecule has 0 aliphatic heterocycles. The van der Waals surface area contributed by atoms with E-state index in [-0.39, 0.29) is 0 Å². The largest absolute Gasteiger partial charge is 0.229 e. The predicted octanol–water partition coefficient (Wildman–Crippen LogP) is 5.67. The normalized spacial score (nSPS) is 11.6. The van der Waals surface area contributed by atoms with Crippen molar-refractivity contribution in [2.45, 2.75) is 11.8 Å². The van der Waals surface area contributed by atoms with Crippen molar-refractivity contribution in [1.29, 1.82) is 0 Å². The third-order valence-corrected chi connectivity index (χ3v) is 3.60. The van der Waals surface area contributed by atoms with Gasteiger partial charge in [0.05, 0.1) is 5.69 Å². The van der Waals surface area contributed by atoms with Crippen LogP contribution in [0.15, 0.2) is 58.4 Å². The highest BCUT2D eigenvalue weighted by molar-refractivity contribution is 8.16. The van der Waals surface area contributed by atoms with Gasteiger partial charge >= 0.3 is 0 Å². The highest BCUT2D eigenvalue weighted by atomic mass is 35.5. The maximum absolute atomic E-state index is 6.11. The van der Waals surface area contributed by atoms with Gasteiger partial charge in [-0.15, -0.1) is 0 Å². The van der Waals surface area contributed by atoms with Crippen molar-refractivity contribution in [1.82, 2.24) is 0 Å². The molecule has 0 aromatic heterocycles. The second kappa shape index (κ2) is 6.28. The summed E-state index contributed by atoms with van der Waals surface area (Å²) in [6.45, 7) is 2.04. The molecule has 18 heavy (non-hydrogen) atoms. The van der Waals surface area contributed by atoms with Crippen molar-refractivity contribution < 1.29 is 0 Å². The van der Waals surface area contributed by atoms with Crippen LogP contribution < -0.4 is 0 Å². The second-order valence-electron chi connectivity index (χ2n) is 3.76. The van der Waals surface area contributed by atoms with E-state index in [1.54, 1.807) is 0 Å². The van der Waals surface area contributed by atoms with Crippen molar-refractivity contribution in [3.63, 3.8) is 0 Å². The average molecular weight is 296 g/mol. The van der Waals surface area contributed by atoms with E-state index < -0.39 is 0 Å². The van der Waals surface area contributed by atoms with Crippen LogP contribution in [0, 0.1) is 6.92 Å². The van der Waals surface area contributed by atoms with Gasteiger partial charge in [-0.3, -0.25) is 0 Å². The van der Waals surface area contributed by atoms with Crippen LogP contribution in [0.1, 0.15) is 5.56 Å². The summed E-state index contributed by atoms with van der Waals surface area (Å²) in [4.78, 5) is 5.34. The number of hydrogen-bond donors (Lipinski definition) is 0. The first-order valence-corrected chi connectivity index (χ1v) is 6.95. The van der Waals surface area contributed by atoms with Gasteiger partial charge in [0, 0.05) is 9.92 Å². The maximum atomic E-state index is 6.11. The summed E-state index contributed by atoms with van der Waals surface area (Å²) in [5.41, 5.74) is 2.06. The third-order valence-electron chi connectivity index (χ3n) is 2.27. The maximum Gasteiger partial charge on any atom is 0.168 e. The van der Waals surface area contributed by atoms with Gasteiger partial charge in [0.15, 0.2) is 4.50 Å². The predicted molar refractivity (Wildman–Crippen MR) is 81.4 cm³/mol. The molecule has 0 aliphatic rings. The molecule has 4 heteroatoms. The van der Waals surface area contributed by atoms with Crippen molar-refractivity contribution in [3.8, 4) is 0 Å². The first-order valence-electron chi connectivity index (χ1n) is 5.38. The summed E-state index contributed by atoms with van der Waals surface area (Å²) >= 11 is 13.3. The van der Waals surface area contributed by atoms with E-state index >= 15 is 0 Å². The molecule has 0 saturated heterocycles. The molecule has 0 radical (unpaired) electrons. The first kappa shape index (κ1) is 13.5. The van der Waals surface area contributed by atoms with Gasteiger partial charge in [0.1, 0.15) is 0 Å². The molecule has 0 bridgehead atoms. The summed E-state index contributed by atoms with van der Waals surface area (Å²) in [6.07, 6.45) is 0. The number of rotatable bonds is 2. The standard InChI is InChI=1S/C14H11Cl2NS/c1-10-2-6-12(7-3-10)17-14(16)18-13-8-4-11(15)5-9-13/h2-9H,1H3. The molecular weight excluding hydrogens is 285 g/mol. The van der Waals surface area contributed by atoms with Gasteiger partial charge in [0.25, 0.3) is 0 Å². The van der Waals surface area contributed by atoms with E-state index in [0.717, 1.165) is 10.6 Å². The number of nitrogens with zero attached hydrogens (tertiary/aromatic N) is 1. The lowest BCUT2D eigenvalue weighted by atomic mass is 10.2. The number of halogens is 2. The summed E-state index contributed by atoms with van der Waals surface area (Å²) in [5, 5.41) is 0.714. The van der Waals surface area contributed by atoms with E-state index in [9.17, 15) is 0 Å². The van der Waals surface area contributed by atoms with E-state index in [4.69, 9.17) is 23.2 Å². The van der Waals surface area contributed by atoms with E-state index in [0.29, 0.717) is 9.53 Å². The van der Waals surface area contributed by atoms with Crippen LogP contribution in [0.2, 0.25) is 5.02 Å². The number of thioether (sulfide) groups is 1. The Morgan fingerprint density at radius 3 is 2.22 bits per heavy atom. The average Bonchev–Trinajstić information content (AvgIpc) is 2.35. The Kier molecular flexibility index (Phi) is 4.70. The summed E-state index contributed by atoms with van der Waals surface area (Å²) < 4.78 is 0.487. The Labute approximate surface area is 121 Å². The molecule has 0 heterocycles. The number of aryl methyl sites for hydroxylation is 1. The van der Waals surface area contributed by atoms with Crippen LogP contribution in [-0.4, -0.2) is 4.50 Å². The van der Waals surface area contributed by atoms with E-state index in [1.807, 2.05) is 55.5 Å².